The van der Waals surface area contributed by atoms with Gasteiger partial charge in [0.05, 0.1) is 0 Å². The molecule has 0 amide bonds. The number of ether oxygens (including phenoxy) is 1. The normalized spacial score (nSPS) is 11.7. The van der Waals surface area contributed by atoms with E-state index in [1.165, 1.54) is 18.2 Å². The van der Waals surface area contributed by atoms with Crippen LogP contribution in [0.3, 0.4) is 0 Å². The zero-order chi connectivity index (χ0) is 22.2. The number of aryl methyl sites for hydroxylation is 1. The summed E-state index contributed by atoms with van der Waals surface area (Å²) in [4.78, 5) is 0. The molecule has 0 saturated carbocycles. The predicted molar refractivity (Wildman–Crippen MR) is 111 cm³/mol. The average Bonchev–Trinajstić information content (AvgIpc) is 2.75. The van der Waals surface area contributed by atoms with Crippen molar-refractivity contribution in [3.63, 3.8) is 0 Å². The van der Waals surface area contributed by atoms with E-state index in [4.69, 9.17) is 0 Å². The predicted octanol–water partition coefficient (Wildman–Crippen LogP) is 7.91. The van der Waals surface area contributed by atoms with Gasteiger partial charge < -0.3 is 4.74 Å². The van der Waals surface area contributed by atoms with Crippen LogP contribution in [-0.4, -0.2) is 6.36 Å². The highest BCUT2D eigenvalue weighted by molar-refractivity contribution is 5.89. The van der Waals surface area contributed by atoms with E-state index in [0.717, 1.165) is 34.7 Å². The molecule has 158 valence electrons. The van der Waals surface area contributed by atoms with Crippen LogP contribution in [0.5, 0.6) is 5.75 Å². The zero-order valence-electron chi connectivity index (χ0n) is 16.4. The van der Waals surface area contributed by atoms with Crippen molar-refractivity contribution in [3.05, 3.63) is 90.0 Å². The van der Waals surface area contributed by atoms with Crippen molar-refractivity contribution < 1.29 is 26.7 Å². The van der Waals surface area contributed by atoms with Crippen molar-refractivity contribution in [1.82, 2.24) is 0 Å². The van der Waals surface area contributed by atoms with Crippen molar-refractivity contribution in [3.8, 4) is 28.0 Å². The Morgan fingerprint density at radius 2 is 1.42 bits per heavy atom. The molecule has 0 saturated heterocycles. The lowest BCUT2D eigenvalue weighted by atomic mass is 9.97. The summed E-state index contributed by atoms with van der Waals surface area (Å²) < 4.78 is 69.8. The van der Waals surface area contributed by atoms with Gasteiger partial charge in [-0.05, 0) is 52.3 Å². The maximum Gasteiger partial charge on any atom is 0.573 e. The van der Waals surface area contributed by atoms with E-state index >= 15 is 0 Å². The van der Waals surface area contributed by atoms with Gasteiger partial charge in [-0.25, -0.2) is 8.78 Å². The fourth-order valence-corrected chi connectivity index (χ4v) is 3.51. The number of hydrogen-bond donors (Lipinski definition) is 0. The average molecular weight is 428 g/mol. The van der Waals surface area contributed by atoms with Crippen LogP contribution in [0.4, 0.5) is 22.0 Å². The van der Waals surface area contributed by atoms with E-state index in [1.54, 1.807) is 30.3 Å². The van der Waals surface area contributed by atoms with Gasteiger partial charge in [-0.1, -0.05) is 61.5 Å². The minimum atomic E-state index is -4.97. The van der Waals surface area contributed by atoms with Crippen LogP contribution in [-0.2, 0) is 6.42 Å². The molecule has 4 aromatic carbocycles. The molecule has 0 atom stereocenters. The second-order valence-corrected chi connectivity index (χ2v) is 7.11. The maximum absolute atomic E-state index is 14.4. The number of rotatable bonds is 4. The first-order chi connectivity index (χ1) is 14.7. The van der Waals surface area contributed by atoms with Crippen LogP contribution in [0.25, 0.3) is 33.0 Å². The highest BCUT2D eigenvalue weighted by Gasteiger charge is 2.32. The summed E-state index contributed by atoms with van der Waals surface area (Å²) in [5, 5.41) is 0.468. The Morgan fingerprint density at radius 1 is 0.742 bits per heavy atom. The molecule has 0 aliphatic heterocycles. The molecule has 0 bridgehead atoms. The third-order valence-corrected chi connectivity index (χ3v) is 5.12. The molecule has 4 aromatic rings. The Kier molecular flexibility index (Phi) is 5.39. The van der Waals surface area contributed by atoms with Gasteiger partial charge in [0.25, 0.3) is 0 Å². The van der Waals surface area contributed by atoms with E-state index in [-0.39, 0.29) is 11.2 Å². The molecule has 1 nitrogen and oxygen atoms in total. The van der Waals surface area contributed by atoms with Gasteiger partial charge >= 0.3 is 6.36 Å². The van der Waals surface area contributed by atoms with Gasteiger partial charge in [-0.2, -0.15) is 0 Å². The number of benzene rings is 4. The minimum absolute atomic E-state index is 0.0280. The molecule has 4 rings (SSSR count). The molecule has 0 aromatic heterocycles. The number of halogens is 5. The summed E-state index contributed by atoms with van der Waals surface area (Å²) in [6.45, 7) is 1.96. The Balaban J connectivity index is 1.65. The molecule has 31 heavy (non-hydrogen) atoms. The Morgan fingerprint density at radius 3 is 2.06 bits per heavy atom. The molecular weight excluding hydrogens is 411 g/mol. The van der Waals surface area contributed by atoms with Crippen LogP contribution in [0.2, 0.25) is 0 Å². The van der Waals surface area contributed by atoms with Crippen LogP contribution in [0.1, 0.15) is 12.5 Å². The molecular formula is C25H17F5O. The second kappa shape index (κ2) is 8.02. The van der Waals surface area contributed by atoms with Gasteiger partial charge in [0, 0.05) is 10.9 Å². The second-order valence-electron chi connectivity index (χ2n) is 7.11. The van der Waals surface area contributed by atoms with Gasteiger partial charge in [0.2, 0.25) is 0 Å². The van der Waals surface area contributed by atoms with Gasteiger partial charge in [0.15, 0.2) is 11.6 Å². The van der Waals surface area contributed by atoms with E-state index < -0.39 is 17.9 Å². The van der Waals surface area contributed by atoms with Gasteiger partial charge in [-0.3, -0.25) is 0 Å². The van der Waals surface area contributed by atoms with E-state index in [9.17, 15) is 22.0 Å². The highest BCUT2D eigenvalue weighted by Crippen LogP contribution is 2.33. The highest BCUT2D eigenvalue weighted by atomic mass is 19.4. The molecule has 0 N–H and O–H groups in total. The summed E-state index contributed by atoms with van der Waals surface area (Å²) >= 11 is 0. The zero-order valence-corrected chi connectivity index (χ0v) is 16.4. The molecule has 0 heterocycles. The van der Waals surface area contributed by atoms with Crippen molar-refractivity contribution in [1.29, 1.82) is 0 Å². The standard InChI is InChI=1S/C25H17F5O/c1-2-15-3-10-20(22(26)13-15)17-6-4-16(5-7-17)18-8-11-21-19(14-18)9-12-23(24(21)27)31-25(28,29)30/h3-14H,2H2,1H3. The summed E-state index contributed by atoms with van der Waals surface area (Å²) in [6, 6.07) is 19.5. The Hall–Kier alpha value is -3.41. The molecule has 6 heteroatoms. The molecule has 0 aliphatic rings. The smallest absolute Gasteiger partial charge is 0.403 e. The quantitative estimate of drug-likeness (QED) is 0.300. The number of alkyl halides is 3. The first kappa shape index (κ1) is 20.8. The van der Waals surface area contributed by atoms with E-state index in [1.807, 2.05) is 25.1 Å². The molecule has 0 fully saturated rings. The first-order valence-corrected chi connectivity index (χ1v) is 9.62. The van der Waals surface area contributed by atoms with Crippen molar-refractivity contribution in [2.45, 2.75) is 19.7 Å². The summed E-state index contributed by atoms with van der Waals surface area (Å²) in [6.07, 6.45) is -4.21. The summed E-state index contributed by atoms with van der Waals surface area (Å²) in [5.74, 6) is -2.22. The van der Waals surface area contributed by atoms with Gasteiger partial charge in [-0.15, -0.1) is 13.2 Å². The van der Waals surface area contributed by atoms with Crippen LogP contribution in [0, 0.1) is 11.6 Å². The Labute approximate surface area is 175 Å². The van der Waals surface area contributed by atoms with Crippen LogP contribution in [0.15, 0.2) is 72.8 Å². The first-order valence-electron chi connectivity index (χ1n) is 9.62. The van der Waals surface area contributed by atoms with E-state index in [0.29, 0.717) is 10.9 Å². The lowest BCUT2D eigenvalue weighted by molar-refractivity contribution is -0.275. The fraction of sp³-hybridized carbons (Fsp3) is 0.120. The number of hydrogen-bond acceptors (Lipinski definition) is 1. The van der Waals surface area contributed by atoms with Crippen molar-refractivity contribution in [2.75, 3.05) is 0 Å². The third-order valence-electron chi connectivity index (χ3n) is 5.12. The topological polar surface area (TPSA) is 9.23 Å². The number of fused-ring (bicyclic) bond motifs is 1. The maximum atomic E-state index is 14.4. The molecule has 0 spiro atoms. The van der Waals surface area contributed by atoms with Crippen molar-refractivity contribution >= 4 is 10.8 Å². The third kappa shape index (κ3) is 4.38. The minimum Gasteiger partial charge on any atom is -0.403 e. The lowest BCUT2D eigenvalue weighted by Gasteiger charge is -2.12. The SMILES string of the molecule is CCc1ccc(-c2ccc(-c3ccc4c(F)c(OC(F)(F)F)ccc4c3)cc2)c(F)c1. The molecule has 0 aliphatic carbocycles. The van der Waals surface area contributed by atoms with E-state index in [2.05, 4.69) is 4.74 Å². The van der Waals surface area contributed by atoms with Crippen LogP contribution >= 0.6 is 0 Å². The largest absolute Gasteiger partial charge is 0.573 e. The molecule has 0 radical (unpaired) electrons. The van der Waals surface area contributed by atoms with Gasteiger partial charge in [0.1, 0.15) is 5.82 Å². The monoisotopic (exact) mass is 428 g/mol. The van der Waals surface area contributed by atoms with Crippen molar-refractivity contribution in [2.24, 2.45) is 0 Å². The summed E-state index contributed by atoms with van der Waals surface area (Å²) in [7, 11) is 0. The van der Waals surface area contributed by atoms with Crippen LogP contribution < -0.4 is 4.74 Å². The lowest BCUT2D eigenvalue weighted by Crippen LogP contribution is -2.17. The Bertz CT molecular complexity index is 1240. The fourth-order valence-electron chi connectivity index (χ4n) is 3.51. The summed E-state index contributed by atoms with van der Waals surface area (Å²) in [5.41, 5.74) is 3.72. The molecule has 0 unspecified atom stereocenters.